The highest BCUT2D eigenvalue weighted by molar-refractivity contribution is 5.77. The van der Waals surface area contributed by atoms with Crippen molar-refractivity contribution < 1.29 is 14.3 Å². The van der Waals surface area contributed by atoms with Gasteiger partial charge in [0.2, 0.25) is 0 Å². The zero-order valence-electron chi connectivity index (χ0n) is 18.8. The van der Waals surface area contributed by atoms with Crippen LogP contribution in [-0.4, -0.2) is 23.5 Å². The number of hydrogen-bond acceptors (Lipinski definition) is 3. The standard InChI is InChI=1S/C25H39NO3/c1-5-6-7-8-9-10-11-20-12-14-21(15-13-20)22-16-17-25(18-22,19-27)26-23(28)29-24(2,3)4/h12-15,19,22H,5-11,16-18H2,1-4H3,(H,26,28)/t22-,25?/m0/s1. The maximum atomic E-state index is 12.2. The molecule has 4 nitrogen and oxygen atoms in total. The number of aldehydes is 1. The number of hydrogen-bond donors (Lipinski definition) is 1. The van der Waals surface area contributed by atoms with E-state index in [9.17, 15) is 9.59 Å². The summed E-state index contributed by atoms with van der Waals surface area (Å²) in [7, 11) is 0. The average molecular weight is 402 g/mol. The highest BCUT2D eigenvalue weighted by Gasteiger charge is 2.41. The van der Waals surface area contributed by atoms with Crippen LogP contribution in [0.15, 0.2) is 24.3 Å². The smallest absolute Gasteiger partial charge is 0.408 e. The Balaban J connectivity index is 1.85. The minimum Gasteiger partial charge on any atom is -0.444 e. The van der Waals surface area contributed by atoms with Crippen molar-refractivity contribution in [1.29, 1.82) is 0 Å². The van der Waals surface area contributed by atoms with Crippen molar-refractivity contribution in [3.8, 4) is 0 Å². The van der Waals surface area contributed by atoms with E-state index >= 15 is 0 Å². The molecule has 1 saturated carbocycles. The van der Waals surface area contributed by atoms with E-state index in [0.29, 0.717) is 18.8 Å². The van der Waals surface area contributed by atoms with Gasteiger partial charge in [-0.2, -0.15) is 0 Å². The van der Waals surface area contributed by atoms with Gasteiger partial charge in [0.15, 0.2) is 0 Å². The maximum absolute atomic E-state index is 12.2. The van der Waals surface area contributed by atoms with Gasteiger partial charge in [-0.15, -0.1) is 0 Å². The molecular formula is C25H39NO3. The largest absolute Gasteiger partial charge is 0.444 e. The third kappa shape index (κ3) is 7.83. The monoisotopic (exact) mass is 401 g/mol. The van der Waals surface area contributed by atoms with Crippen molar-refractivity contribution in [2.75, 3.05) is 0 Å². The number of unbranched alkanes of at least 4 members (excludes halogenated alkanes) is 5. The number of ether oxygens (including phenoxy) is 1. The van der Waals surface area contributed by atoms with Crippen LogP contribution < -0.4 is 5.32 Å². The van der Waals surface area contributed by atoms with Crippen LogP contribution in [0, 0.1) is 0 Å². The summed E-state index contributed by atoms with van der Waals surface area (Å²) in [6.07, 6.45) is 11.6. The second-order valence-electron chi connectivity index (χ2n) is 9.60. The first kappa shape index (κ1) is 23.4. The highest BCUT2D eigenvalue weighted by Crippen LogP contribution is 2.40. The van der Waals surface area contributed by atoms with E-state index < -0.39 is 17.2 Å². The molecule has 0 bridgehead atoms. The fourth-order valence-corrected chi connectivity index (χ4v) is 4.18. The first-order valence-electron chi connectivity index (χ1n) is 11.3. The summed E-state index contributed by atoms with van der Waals surface area (Å²) in [6.45, 7) is 7.72. The topological polar surface area (TPSA) is 55.4 Å². The van der Waals surface area contributed by atoms with Crippen molar-refractivity contribution in [3.05, 3.63) is 35.4 Å². The minimum absolute atomic E-state index is 0.290. The van der Waals surface area contributed by atoms with Gasteiger partial charge in [-0.05, 0) is 69.9 Å². The highest BCUT2D eigenvalue weighted by atomic mass is 16.6. The molecule has 29 heavy (non-hydrogen) atoms. The zero-order chi connectivity index (χ0) is 21.3. The molecule has 2 rings (SSSR count). The van der Waals surface area contributed by atoms with Crippen LogP contribution in [0.4, 0.5) is 4.79 Å². The normalized spacial score (nSPS) is 21.7. The van der Waals surface area contributed by atoms with Gasteiger partial charge < -0.3 is 14.8 Å². The Kier molecular flexibility index (Phi) is 8.73. The van der Waals surface area contributed by atoms with Gasteiger partial charge in [-0.25, -0.2) is 4.79 Å². The lowest BCUT2D eigenvalue weighted by Crippen LogP contribution is -2.49. The summed E-state index contributed by atoms with van der Waals surface area (Å²) >= 11 is 0. The zero-order valence-corrected chi connectivity index (χ0v) is 18.8. The lowest BCUT2D eigenvalue weighted by molar-refractivity contribution is -0.113. The van der Waals surface area contributed by atoms with E-state index in [1.54, 1.807) is 0 Å². The Morgan fingerprint density at radius 3 is 2.41 bits per heavy atom. The van der Waals surface area contributed by atoms with Crippen LogP contribution in [0.3, 0.4) is 0 Å². The summed E-state index contributed by atoms with van der Waals surface area (Å²) in [5.41, 5.74) is 1.25. The Labute approximate surface area is 176 Å². The first-order valence-corrected chi connectivity index (χ1v) is 11.3. The molecule has 2 atom stereocenters. The molecule has 0 radical (unpaired) electrons. The van der Waals surface area contributed by atoms with E-state index in [1.165, 1.54) is 49.7 Å². The van der Waals surface area contributed by atoms with Crippen LogP contribution in [0.5, 0.6) is 0 Å². The molecule has 1 aliphatic rings. The van der Waals surface area contributed by atoms with Crippen LogP contribution in [0.2, 0.25) is 0 Å². The first-order chi connectivity index (χ1) is 13.8. The van der Waals surface area contributed by atoms with Crippen molar-refractivity contribution in [1.82, 2.24) is 5.32 Å². The molecule has 162 valence electrons. The van der Waals surface area contributed by atoms with E-state index in [-0.39, 0.29) is 0 Å². The summed E-state index contributed by atoms with van der Waals surface area (Å²) in [4.78, 5) is 24.0. The van der Waals surface area contributed by atoms with E-state index in [4.69, 9.17) is 4.74 Å². The number of carbonyl (C=O) groups excluding carboxylic acids is 2. The number of alkyl carbamates (subject to hydrolysis) is 1. The van der Waals surface area contributed by atoms with Crippen molar-refractivity contribution >= 4 is 12.4 Å². The minimum atomic E-state index is -0.815. The molecule has 0 aliphatic heterocycles. The van der Waals surface area contributed by atoms with E-state index in [1.807, 2.05) is 20.8 Å². The molecule has 1 aromatic carbocycles. The van der Waals surface area contributed by atoms with Crippen molar-refractivity contribution in [2.45, 2.75) is 109 Å². The van der Waals surface area contributed by atoms with Crippen LogP contribution >= 0.6 is 0 Å². The molecule has 0 aromatic heterocycles. The number of rotatable bonds is 10. The number of aryl methyl sites for hydroxylation is 1. The summed E-state index contributed by atoms with van der Waals surface area (Å²) in [5, 5.41) is 2.83. The Morgan fingerprint density at radius 1 is 1.14 bits per heavy atom. The quantitative estimate of drug-likeness (QED) is 0.369. The average Bonchev–Trinajstić information content (AvgIpc) is 3.08. The van der Waals surface area contributed by atoms with E-state index in [2.05, 4.69) is 36.5 Å². The molecule has 0 heterocycles. The van der Waals surface area contributed by atoms with Gasteiger partial charge in [0.1, 0.15) is 11.9 Å². The maximum Gasteiger partial charge on any atom is 0.408 e. The van der Waals surface area contributed by atoms with Crippen molar-refractivity contribution in [3.63, 3.8) is 0 Å². The van der Waals surface area contributed by atoms with Gasteiger partial charge in [0.05, 0.1) is 5.54 Å². The summed E-state index contributed by atoms with van der Waals surface area (Å²) < 4.78 is 5.34. The number of amides is 1. The fraction of sp³-hybridized carbons (Fsp3) is 0.680. The molecule has 0 saturated heterocycles. The number of carbonyl (C=O) groups is 2. The Hall–Kier alpha value is -1.84. The van der Waals surface area contributed by atoms with E-state index in [0.717, 1.165) is 19.1 Å². The molecule has 0 spiro atoms. The fourth-order valence-electron chi connectivity index (χ4n) is 4.18. The lowest BCUT2D eigenvalue weighted by Gasteiger charge is -2.27. The lowest BCUT2D eigenvalue weighted by atomic mass is 9.92. The second-order valence-corrected chi connectivity index (χ2v) is 9.60. The molecule has 4 heteroatoms. The molecule has 1 N–H and O–H groups in total. The number of benzene rings is 1. The molecule has 1 fully saturated rings. The SMILES string of the molecule is CCCCCCCCc1ccc([C@H]2CCC(C=O)(NC(=O)OC(C)(C)C)C2)cc1. The van der Waals surface area contributed by atoms with Gasteiger partial charge in [0, 0.05) is 0 Å². The summed E-state index contributed by atoms with van der Waals surface area (Å²) in [6, 6.07) is 8.85. The van der Waals surface area contributed by atoms with Crippen LogP contribution in [0.25, 0.3) is 0 Å². The molecule has 1 unspecified atom stereocenters. The second kappa shape index (κ2) is 10.8. The van der Waals surface area contributed by atoms with Crippen molar-refractivity contribution in [2.24, 2.45) is 0 Å². The van der Waals surface area contributed by atoms with Gasteiger partial charge in [-0.1, -0.05) is 63.3 Å². The van der Waals surface area contributed by atoms with Gasteiger partial charge >= 0.3 is 6.09 Å². The van der Waals surface area contributed by atoms with Crippen LogP contribution in [0.1, 0.15) is 103 Å². The predicted octanol–water partition coefficient (Wildman–Crippen LogP) is 6.32. The van der Waals surface area contributed by atoms with Gasteiger partial charge in [-0.3, -0.25) is 0 Å². The van der Waals surface area contributed by atoms with Gasteiger partial charge in [0.25, 0.3) is 0 Å². The molecule has 1 amide bonds. The Morgan fingerprint density at radius 2 is 1.79 bits per heavy atom. The number of nitrogens with one attached hydrogen (secondary N) is 1. The van der Waals surface area contributed by atoms with Crippen LogP contribution in [-0.2, 0) is 16.0 Å². The predicted molar refractivity (Wildman–Crippen MR) is 118 cm³/mol. The molecule has 1 aliphatic carbocycles. The molecular weight excluding hydrogens is 362 g/mol. The third-order valence-electron chi connectivity index (χ3n) is 5.80. The third-order valence-corrected chi connectivity index (χ3v) is 5.80. The Bertz CT molecular complexity index is 647. The molecule has 1 aromatic rings. The summed E-state index contributed by atoms with van der Waals surface area (Å²) in [5.74, 6) is 0.290.